The summed E-state index contributed by atoms with van der Waals surface area (Å²) >= 11 is 0. The molecule has 1 aromatic carbocycles. The molecule has 0 spiro atoms. The van der Waals surface area contributed by atoms with E-state index in [1.54, 1.807) is 6.07 Å². The number of carbonyl (C=O) groups is 2. The Kier molecular flexibility index (Phi) is 9.32. The quantitative estimate of drug-likeness (QED) is 0.355. The van der Waals surface area contributed by atoms with Crippen molar-refractivity contribution in [3.8, 4) is 5.69 Å². The van der Waals surface area contributed by atoms with Crippen LogP contribution >= 0.6 is 0 Å². The number of alkyl carbamates (subject to hydrolysis) is 1. The topological polar surface area (TPSA) is 136 Å². The van der Waals surface area contributed by atoms with E-state index in [9.17, 15) is 18.0 Å². The molecule has 3 aliphatic rings. The average Bonchev–Trinajstić information content (AvgIpc) is 3.50. The van der Waals surface area contributed by atoms with Gasteiger partial charge in [-0.25, -0.2) is 17.6 Å². The second-order valence-electron chi connectivity index (χ2n) is 13.2. The fourth-order valence-corrected chi connectivity index (χ4v) is 9.66. The maximum absolute atomic E-state index is 15.7. The number of amides is 2. The summed E-state index contributed by atoms with van der Waals surface area (Å²) in [6.07, 6.45) is 4.68. The molecule has 1 aromatic heterocycles. The Labute approximate surface area is 259 Å². The van der Waals surface area contributed by atoms with Gasteiger partial charge in [-0.05, 0) is 87.6 Å². The van der Waals surface area contributed by atoms with Crippen LogP contribution < -0.4 is 16.4 Å². The van der Waals surface area contributed by atoms with Gasteiger partial charge in [0.1, 0.15) is 11.9 Å². The largest absolute Gasteiger partial charge is 0.446 e. The first-order valence-electron chi connectivity index (χ1n) is 15.9. The van der Waals surface area contributed by atoms with E-state index in [4.69, 9.17) is 10.5 Å². The van der Waals surface area contributed by atoms with E-state index in [2.05, 4.69) is 29.4 Å². The molecule has 0 unspecified atom stereocenters. The Bertz CT molecular complexity index is 1520. The molecule has 1 fully saturated rings. The summed E-state index contributed by atoms with van der Waals surface area (Å²) in [6, 6.07) is 2.93. The Morgan fingerprint density at radius 1 is 1.11 bits per heavy atom. The highest BCUT2D eigenvalue weighted by Crippen LogP contribution is 2.45. The van der Waals surface area contributed by atoms with Gasteiger partial charge in [-0.3, -0.25) is 4.79 Å². The molecule has 10 nitrogen and oxygen atoms in total. The number of nitrogens with zero attached hydrogens (tertiary/aromatic N) is 2. The summed E-state index contributed by atoms with van der Waals surface area (Å²) in [5.74, 6) is -1.54. The molecule has 2 aliphatic carbocycles. The number of sulfone groups is 1. The third-order valence-electron chi connectivity index (χ3n) is 9.28. The highest BCUT2D eigenvalue weighted by molar-refractivity contribution is 7.91. The van der Waals surface area contributed by atoms with Gasteiger partial charge in [-0.1, -0.05) is 27.7 Å². The van der Waals surface area contributed by atoms with Crippen LogP contribution in [0.15, 0.2) is 17.0 Å². The molecule has 2 heterocycles. The van der Waals surface area contributed by atoms with Crippen molar-refractivity contribution in [1.29, 1.82) is 0 Å². The second kappa shape index (κ2) is 12.7. The van der Waals surface area contributed by atoms with Crippen LogP contribution in [-0.4, -0.2) is 74.0 Å². The maximum Gasteiger partial charge on any atom is 0.407 e. The first-order chi connectivity index (χ1) is 20.8. The minimum Gasteiger partial charge on any atom is -0.446 e. The van der Waals surface area contributed by atoms with E-state index >= 15 is 4.39 Å². The lowest BCUT2D eigenvalue weighted by Crippen LogP contribution is -2.38. The smallest absolute Gasteiger partial charge is 0.407 e. The van der Waals surface area contributed by atoms with E-state index in [0.29, 0.717) is 67.8 Å². The summed E-state index contributed by atoms with van der Waals surface area (Å²) in [4.78, 5) is 27.3. The number of hydrogen-bond donors (Lipinski definition) is 3. The van der Waals surface area contributed by atoms with Gasteiger partial charge in [0.05, 0.1) is 27.6 Å². The van der Waals surface area contributed by atoms with Gasteiger partial charge in [0.25, 0.3) is 5.91 Å². The zero-order chi connectivity index (χ0) is 31.8. The van der Waals surface area contributed by atoms with Crippen molar-refractivity contribution in [3.05, 3.63) is 40.5 Å². The van der Waals surface area contributed by atoms with Crippen LogP contribution in [0.25, 0.3) is 5.69 Å². The number of benzene rings is 1. The van der Waals surface area contributed by atoms with Crippen molar-refractivity contribution in [1.82, 2.24) is 14.8 Å². The summed E-state index contributed by atoms with van der Waals surface area (Å²) in [6.45, 7) is 11.2. The van der Waals surface area contributed by atoms with Crippen LogP contribution in [0.5, 0.6) is 0 Å². The van der Waals surface area contributed by atoms with Crippen LogP contribution in [0.1, 0.15) is 87.1 Å². The van der Waals surface area contributed by atoms with Gasteiger partial charge in [-0.2, -0.15) is 0 Å². The number of nitrogens with one attached hydrogen (secondary N) is 2. The third-order valence-corrected chi connectivity index (χ3v) is 11.5. The molecule has 44 heavy (non-hydrogen) atoms. The Morgan fingerprint density at radius 2 is 1.82 bits per heavy atom. The summed E-state index contributed by atoms with van der Waals surface area (Å²) < 4.78 is 50.1. The van der Waals surface area contributed by atoms with Crippen LogP contribution in [0.4, 0.5) is 14.9 Å². The van der Waals surface area contributed by atoms with Crippen molar-refractivity contribution >= 4 is 27.5 Å². The number of likely N-dealkylation sites (N-methyl/N-ethyl adjacent to an activating group) is 1. The van der Waals surface area contributed by atoms with E-state index < -0.39 is 33.1 Å². The van der Waals surface area contributed by atoms with Crippen molar-refractivity contribution < 1.29 is 27.1 Å². The fraction of sp³-hybridized carbons (Fsp3) is 0.625. The minimum absolute atomic E-state index is 0.0790. The molecular formula is C32H46FN5O5S. The van der Waals surface area contributed by atoms with Crippen LogP contribution in [-0.2, 0) is 33.8 Å². The number of carbonyl (C=O) groups excluding carboxylic acids is 2. The number of anilines is 1. The molecule has 1 aliphatic heterocycles. The minimum atomic E-state index is -3.50. The van der Waals surface area contributed by atoms with Crippen molar-refractivity contribution in [3.63, 3.8) is 0 Å². The predicted molar refractivity (Wildman–Crippen MR) is 168 cm³/mol. The monoisotopic (exact) mass is 631 g/mol. The van der Waals surface area contributed by atoms with E-state index in [1.165, 1.54) is 6.07 Å². The van der Waals surface area contributed by atoms with Crippen LogP contribution in [0, 0.1) is 11.2 Å². The number of halogens is 1. The molecule has 2 aromatic rings. The van der Waals surface area contributed by atoms with Gasteiger partial charge < -0.3 is 30.6 Å². The summed E-state index contributed by atoms with van der Waals surface area (Å²) in [5, 5.41) is 6.18. The van der Waals surface area contributed by atoms with E-state index in [-0.39, 0.29) is 29.1 Å². The van der Waals surface area contributed by atoms with Gasteiger partial charge >= 0.3 is 6.09 Å². The van der Waals surface area contributed by atoms with E-state index in [1.807, 2.05) is 18.4 Å². The molecule has 0 saturated heterocycles. The molecule has 5 rings (SSSR count). The zero-order valence-corrected chi connectivity index (χ0v) is 27.1. The molecule has 242 valence electrons. The lowest BCUT2D eigenvalue weighted by Gasteiger charge is -2.31. The molecular weight excluding hydrogens is 585 g/mol. The number of primary amides is 1. The van der Waals surface area contributed by atoms with Crippen LogP contribution in [0.2, 0.25) is 0 Å². The number of rotatable bonds is 10. The molecule has 0 radical (unpaired) electrons. The molecule has 2 amide bonds. The van der Waals surface area contributed by atoms with Gasteiger partial charge in [0, 0.05) is 30.5 Å². The van der Waals surface area contributed by atoms with Gasteiger partial charge in [-0.15, -0.1) is 0 Å². The fourth-order valence-electron chi connectivity index (χ4n) is 7.27. The standard InChI is InChI=1S/C32H46FN5O5S/c1-5-37(6-2)15-14-35-31(40)43-22-12-10-20(11-13-22)36-25-17-21(16-24(33)28(25)30(34)39)38-26-9-7-8-23(26)29-27(38)18-32(3,4)19-44(29,41)42/h16-17,20,22,36H,5-15,18-19H2,1-4H3,(H2,34,39)(H,35,40)/t20-,22-. The highest BCUT2D eigenvalue weighted by Gasteiger charge is 2.42. The highest BCUT2D eigenvalue weighted by atomic mass is 32.2. The zero-order valence-electron chi connectivity index (χ0n) is 26.3. The normalized spacial score (nSPS) is 21.9. The maximum atomic E-state index is 15.7. The number of hydrogen-bond acceptors (Lipinski definition) is 7. The lowest BCUT2D eigenvalue weighted by atomic mass is 9.89. The molecule has 0 atom stereocenters. The number of fused-ring (bicyclic) bond motifs is 3. The molecule has 4 N–H and O–H groups in total. The second-order valence-corrected chi connectivity index (χ2v) is 15.1. The first kappa shape index (κ1) is 32.3. The molecule has 12 heteroatoms. The number of aromatic nitrogens is 1. The first-order valence-corrected chi connectivity index (χ1v) is 17.5. The SMILES string of the molecule is CCN(CC)CCNC(=O)O[C@H]1CC[C@H](Nc2cc(-n3c4c(c5c3CC(C)(C)CS5(=O)=O)CCC4)cc(F)c2C(N)=O)CC1. The van der Waals surface area contributed by atoms with Crippen molar-refractivity contribution in [2.24, 2.45) is 11.1 Å². The predicted octanol–water partition coefficient (Wildman–Crippen LogP) is 4.35. The number of nitrogens with two attached hydrogens (primary N) is 1. The van der Waals surface area contributed by atoms with Crippen LogP contribution in [0.3, 0.4) is 0 Å². The Balaban J connectivity index is 1.34. The van der Waals surface area contributed by atoms with Gasteiger partial charge in [0.15, 0.2) is 9.84 Å². The Morgan fingerprint density at radius 3 is 2.48 bits per heavy atom. The van der Waals surface area contributed by atoms with E-state index in [0.717, 1.165) is 37.3 Å². The van der Waals surface area contributed by atoms with Crippen molar-refractivity contribution in [2.75, 3.05) is 37.2 Å². The summed E-state index contributed by atoms with van der Waals surface area (Å²) in [7, 11) is -3.50. The van der Waals surface area contributed by atoms with Gasteiger partial charge in [0.2, 0.25) is 0 Å². The lowest BCUT2D eigenvalue weighted by molar-refractivity contribution is 0.0726. The number of ether oxygens (including phenoxy) is 1. The molecule has 0 bridgehead atoms. The average molecular weight is 632 g/mol. The van der Waals surface area contributed by atoms with Crippen molar-refractivity contribution in [2.45, 2.75) is 96.1 Å². The molecule has 1 saturated carbocycles. The summed E-state index contributed by atoms with van der Waals surface area (Å²) in [5.41, 5.74) is 8.18. The third kappa shape index (κ3) is 6.61. The Hall–Kier alpha value is -3.12.